The van der Waals surface area contributed by atoms with E-state index in [1.807, 2.05) is 20.8 Å². The lowest BCUT2D eigenvalue weighted by molar-refractivity contribution is -0.154. The normalized spacial score (nSPS) is 29.0. The number of hydrogen-bond acceptors (Lipinski definition) is 6. The number of allylic oxidation sites excluding steroid dienone is 2. The zero-order valence-corrected chi connectivity index (χ0v) is 19.0. The van der Waals surface area contributed by atoms with Gasteiger partial charge in [0.1, 0.15) is 12.2 Å². The highest BCUT2D eigenvalue weighted by Crippen LogP contribution is 2.53. The van der Waals surface area contributed by atoms with Gasteiger partial charge in [0.2, 0.25) is 0 Å². The van der Waals surface area contributed by atoms with E-state index in [4.69, 9.17) is 14.2 Å². The van der Waals surface area contributed by atoms with Crippen LogP contribution in [0.1, 0.15) is 66.7 Å². The Labute approximate surface area is 179 Å². The molecular weight excluding hydrogens is 384 g/mol. The molecule has 2 aliphatic carbocycles. The molecule has 1 saturated carbocycles. The van der Waals surface area contributed by atoms with Gasteiger partial charge in [0.15, 0.2) is 0 Å². The minimum Gasteiger partial charge on any atom is -0.466 e. The molecular formula is C24H34O6. The van der Waals surface area contributed by atoms with Gasteiger partial charge in [0, 0.05) is 24.5 Å². The monoisotopic (exact) mass is 418 g/mol. The van der Waals surface area contributed by atoms with Crippen molar-refractivity contribution >= 4 is 17.9 Å². The molecule has 0 radical (unpaired) electrons. The van der Waals surface area contributed by atoms with Gasteiger partial charge < -0.3 is 14.2 Å². The quantitative estimate of drug-likeness (QED) is 0.275. The number of hydrogen-bond donors (Lipinski definition) is 0. The first-order chi connectivity index (χ1) is 14.0. The zero-order valence-electron chi connectivity index (χ0n) is 19.0. The van der Waals surface area contributed by atoms with Crippen molar-refractivity contribution in [3.63, 3.8) is 0 Å². The number of esters is 3. The molecule has 166 valence electrons. The fourth-order valence-corrected chi connectivity index (χ4v) is 4.65. The van der Waals surface area contributed by atoms with Crippen LogP contribution in [0.5, 0.6) is 0 Å². The molecule has 6 nitrogen and oxygen atoms in total. The third-order valence-electron chi connectivity index (χ3n) is 6.56. The maximum Gasteiger partial charge on any atom is 0.333 e. The Kier molecular flexibility index (Phi) is 7.67. The Hall–Kier alpha value is -2.37. The first-order valence-corrected chi connectivity index (χ1v) is 10.5. The van der Waals surface area contributed by atoms with Crippen LogP contribution in [-0.4, -0.2) is 37.2 Å². The van der Waals surface area contributed by atoms with Gasteiger partial charge in [-0.3, -0.25) is 4.79 Å². The zero-order chi connectivity index (χ0) is 22.6. The summed E-state index contributed by atoms with van der Waals surface area (Å²) in [6, 6.07) is 0. The summed E-state index contributed by atoms with van der Waals surface area (Å²) in [5.74, 6) is -1.57. The fraction of sp³-hybridized carbons (Fsp3) is 0.625. The van der Waals surface area contributed by atoms with E-state index in [1.54, 1.807) is 6.08 Å². The summed E-state index contributed by atoms with van der Waals surface area (Å²) in [5.41, 5.74) is 3.26. The van der Waals surface area contributed by atoms with Crippen molar-refractivity contribution in [1.29, 1.82) is 0 Å². The summed E-state index contributed by atoms with van der Waals surface area (Å²) >= 11 is 0. The van der Waals surface area contributed by atoms with Crippen LogP contribution in [-0.2, 0) is 28.6 Å². The summed E-state index contributed by atoms with van der Waals surface area (Å²) in [6.07, 6.45) is 4.25. The molecule has 0 aromatic heterocycles. The maximum absolute atomic E-state index is 12.3. The molecule has 0 aromatic rings. The van der Waals surface area contributed by atoms with Crippen molar-refractivity contribution in [3.05, 3.63) is 34.9 Å². The molecule has 0 bridgehead atoms. The fourth-order valence-electron chi connectivity index (χ4n) is 4.65. The summed E-state index contributed by atoms with van der Waals surface area (Å²) < 4.78 is 16.2. The van der Waals surface area contributed by atoms with Crippen LogP contribution in [0.4, 0.5) is 0 Å². The van der Waals surface area contributed by atoms with E-state index in [1.165, 1.54) is 14.0 Å². The summed E-state index contributed by atoms with van der Waals surface area (Å²) in [7, 11) is 1.31. The number of methoxy groups -OCH3 is 1. The number of carbonyl (C=O) groups is 3. The maximum atomic E-state index is 12.3. The van der Waals surface area contributed by atoms with Crippen LogP contribution in [0.15, 0.2) is 34.9 Å². The van der Waals surface area contributed by atoms with Crippen molar-refractivity contribution in [3.8, 4) is 0 Å². The molecule has 30 heavy (non-hydrogen) atoms. The Bertz CT molecular complexity index is 790. The SMILES string of the molecule is C=C(C(=O)OC)[C@H]1CC2=C(C)[C@@H](OC(=O)/C=C(\C)CC)CC[C@]2(C)C[C@H]1OC(C)=O. The van der Waals surface area contributed by atoms with Gasteiger partial charge in [-0.25, -0.2) is 9.59 Å². The van der Waals surface area contributed by atoms with E-state index >= 15 is 0 Å². The Balaban J connectivity index is 2.35. The van der Waals surface area contributed by atoms with Crippen LogP contribution in [0.2, 0.25) is 0 Å². The van der Waals surface area contributed by atoms with Gasteiger partial charge >= 0.3 is 17.9 Å². The smallest absolute Gasteiger partial charge is 0.333 e. The van der Waals surface area contributed by atoms with Gasteiger partial charge in [-0.15, -0.1) is 0 Å². The Morgan fingerprint density at radius 1 is 1.23 bits per heavy atom. The van der Waals surface area contributed by atoms with Gasteiger partial charge in [0.25, 0.3) is 0 Å². The number of rotatable bonds is 6. The lowest BCUT2D eigenvalue weighted by Crippen LogP contribution is -2.45. The van der Waals surface area contributed by atoms with E-state index < -0.39 is 12.1 Å². The summed E-state index contributed by atoms with van der Waals surface area (Å²) in [6.45, 7) is 13.3. The molecule has 0 aromatic carbocycles. The molecule has 0 heterocycles. The Morgan fingerprint density at radius 3 is 2.47 bits per heavy atom. The van der Waals surface area contributed by atoms with Crippen LogP contribution in [0.3, 0.4) is 0 Å². The third kappa shape index (κ3) is 5.21. The summed E-state index contributed by atoms with van der Waals surface area (Å²) in [5, 5.41) is 0. The van der Waals surface area contributed by atoms with Crippen LogP contribution < -0.4 is 0 Å². The minimum absolute atomic E-state index is 0.185. The summed E-state index contributed by atoms with van der Waals surface area (Å²) in [4.78, 5) is 36.1. The second kappa shape index (κ2) is 9.63. The highest BCUT2D eigenvalue weighted by atomic mass is 16.5. The van der Waals surface area contributed by atoms with E-state index in [2.05, 4.69) is 13.5 Å². The molecule has 0 spiro atoms. The van der Waals surface area contributed by atoms with Crippen LogP contribution >= 0.6 is 0 Å². The first-order valence-electron chi connectivity index (χ1n) is 10.5. The molecule has 2 aliphatic rings. The average Bonchev–Trinajstić information content (AvgIpc) is 2.68. The molecule has 0 unspecified atom stereocenters. The molecule has 6 heteroatoms. The largest absolute Gasteiger partial charge is 0.466 e. The van der Waals surface area contributed by atoms with E-state index in [9.17, 15) is 14.4 Å². The highest BCUT2D eigenvalue weighted by molar-refractivity contribution is 5.88. The second-order valence-electron chi connectivity index (χ2n) is 8.71. The number of fused-ring (bicyclic) bond motifs is 1. The second-order valence-corrected chi connectivity index (χ2v) is 8.71. The number of carbonyl (C=O) groups excluding carboxylic acids is 3. The van der Waals surface area contributed by atoms with Crippen molar-refractivity contribution in [2.75, 3.05) is 7.11 Å². The first kappa shape index (κ1) is 23.9. The lowest BCUT2D eigenvalue weighted by Gasteiger charge is -2.48. The van der Waals surface area contributed by atoms with Gasteiger partial charge in [-0.1, -0.05) is 31.6 Å². The predicted octanol–water partition coefficient (Wildman–Crippen LogP) is 4.44. The molecule has 4 atom stereocenters. The van der Waals surface area contributed by atoms with Gasteiger partial charge in [-0.05, 0) is 56.9 Å². The average molecular weight is 419 g/mol. The van der Waals surface area contributed by atoms with Crippen molar-refractivity contribution < 1.29 is 28.6 Å². The van der Waals surface area contributed by atoms with E-state index in [-0.39, 0.29) is 29.4 Å². The van der Waals surface area contributed by atoms with Crippen molar-refractivity contribution in [2.24, 2.45) is 11.3 Å². The number of ether oxygens (including phenoxy) is 3. The third-order valence-corrected chi connectivity index (χ3v) is 6.56. The molecule has 0 N–H and O–H groups in total. The molecule has 2 rings (SSSR count). The lowest BCUT2D eigenvalue weighted by atomic mass is 9.59. The predicted molar refractivity (Wildman–Crippen MR) is 113 cm³/mol. The van der Waals surface area contributed by atoms with Gasteiger partial charge in [0.05, 0.1) is 7.11 Å². The van der Waals surface area contributed by atoms with Crippen molar-refractivity contribution in [2.45, 2.75) is 78.9 Å². The van der Waals surface area contributed by atoms with E-state index in [0.717, 1.165) is 29.6 Å². The Morgan fingerprint density at radius 2 is 1.90 bits per heavy atom. The van der Waals surface area contributed by atoms with Gasteiger partial charge in [-0.2, -0.15) is 0 Å². The van der Waals surface area contributed by atoms with E-state index in [0.29, 0.717) is 24.8 Å². The minimum atomic E-state index is -0.502. The molecule has 1 fully saturated rings. The van der Waals surface area contributed by atoms with Crippen LogP contribution in [0, 0.1) is 11.3 Å². The topological polar surface area (TPSA) is 78.9 Å². The highest BCUT2D eigenvalue weighted by Gasteiger charge is 2.48. The molecule has 0 aliphatic heterocycles. The molecule has 0 saturated heterocycles. The van der Waals surface area contributed by atoms with Crippen LogP contribution in [0.25, 0.3) is 0 Å². The molecule has 0 amide bonds. The standard InChI is InChI=1S/C24H34O6/c1-8-14(2)11-22(26)30-20-9-10-24(6)13-21(29-17(5)25)18(12-19(24)16(20)4)15(3)23(27)28-7/h11,18,20-21H,3,8-10,12-13H2,1-2,4-7H3/b14-11+/t18-,20+,21-,24-/m1/s1. The van der Waals surface area contributed by atoms with Crippen molar-refractivity contribution in [1.82, 2.24) is 0 Å².